The molecule has 0 bridgehead atoms. The summed E-state index contributed by atoms with van der Waals surface area (Å²) < 4.78 is 1.61. The second-order valence-corrected chi connectivity index (χ2v) is 5.83. The van der Waals surface area contributed by atoms with E-state index < -0.39 is 5.97 Å². The molecule has 0 atom stereocenters. The standard InChI is InChI=1S/C19H14ClNO3/c20-17-8-1-13(2-9-17)11-21-12-16(7-10-18(21)22)14-3-5-15(6-4-14)19(23)24/h1-10,12H,11H2,(H,23,24). The number of aromatic nitrogens is 1. The summed E-state index contributed by atoms with van der Waals surface area (Å²) in [7, 11) is 0. The summed E-state index contributed by atoms with van der Waals surface area (Å²) in [5.41, 5.74) is 2.80. The maximum absolute atomic E-state index is 12.1. The summed E-state index contributed by atoms with van der Waals surface area (Å²) >= 11 is 5.88. The Labute approximate surface area is 143 Å². The van der Waals surface area contributed by atoms with Crippen LogP contribution in [0.15, 0.2) is 71.7 Å². The first-order valence-electron chi connectivity index (χ1n) is 7.31. The van der Waals surface area contributed by atoms with Crippen molar-refractivity contribution in [2.45, 2.75) is 6.54 Å². The quantitative estimate of drug-likeness (QED) is 0.783. The summed E-state index contributed by atoms with van der Waals surface area (Å²) in [6.45, 7) is 0.442. The number of hydrogen-bond donors (Lipinski definition) is 1. The van der Waals surface area contributed by atoms with Crippen molar-refractivity contribution < 1.29 is 9.90 Å². The normalized spacial score (nSPS) is 10.5. The summed E-state index contributed by atoms with van der Waals surface area (Å²) in [5, 5.41) is 9.61. The van der Waals surface area contributed by atoms with Gasteiger partial charge in [-0.1, -0.05) is 35.9 Å². The number of carboxylic acid groups (broad SMARTS) is 1. The van der Waals surface area contributed by atoms with Gasteiger partial charge in [0.1, 0.15) is 0 Å². The number of benzene rings is 2. The first-order chi connectivity index (χ1) is 11.5. The van der Waals surface area contributed by atoms with Gasteiger partial charge in [0.2, 0.25) is 0 Å². The van der Waals surface area contributed by atoms with Crippen LogP contribution in [-0.4, -0.2) is 15.6 Å². The third-order valence-corrected chi connectivity index (χ3v) is 3.97. The van der Waals surface area contributed by atoms with Crippen molar-refractivity contribution in [2.75, 3.05) is 0 Å². The third-order valence-electron chi connectivity index (χ3n) is 3.71. The molecule has 0 amide bonds. The molecule has 3 rings (SSSR count). The molecule has 0 aliphatic rings. The van der Waals surface area contributed by atoms with Gasteiger partial charge in [-0.3, -0.25) is 4.79 Å². The van der Waals surface area contributed by atoms with Gasteiger partial charge in [-0.2, -0.15) is 0 Å². The lowest BCUT2D eigenvalue weighted by Crippen LogP contribution is -2.19. The molecule has 3 aromatic rings. The molecule has 24 heavy (non-hydrogen) atoms. The van der Waals surface area contributed by atoms with Gasteiger partial charge in [0.05, 0.1) is 12.1 Å². The van der Waals surface area contributed by atoms with Crippen molar-refractivity contribution in [1.82, 2.24) is 4.57 Å². The van der Waals surface area contributed by atoms with Crippen molar-refractivity contribution in [3.8, 4) is 11.1 Å². The van der Waals surface area contributed by atoms with Gasteiger partial charge in [0.25, 0.3) is 5.56 Å². The Morgan fingerprint density at radius 1 is 0.917 bits per heavy atom. The number of rotatable bonds is 4. The van der Waals surface area contributed by atoms with Gasteiger partial charge in [0, 0.05) is 17.3 Å². The summed E-state index contributed by atoms with van der Waals surface area (Å²) in [4.78, 5) is 23.0. The number of halogens is 1. The van der Waals surface area contributed by atoms with Crippen LogP contribution in [0.5, 0.6) is 0 Å². The Hall–Kier alpha value is -2.85. The third kappa shape index (κ3) is 3.55. The zero-order valence-electron chi connectivity index (χ0n) is 12.6. The van der Waals surface area contributed by atoms with Gasteiger partial charge < -0.3 is 9.67 Å². The average molecular weight is 340 g/mol. The Kier molecular flexibility index (Phi) is 4.49. The van der Waals surface area contributed by atoms with Crippen molar-refractivity contribution in [3.63, 3.8) is 0 Å². The molecular weight excluding hydrogens is 326 g/mol. The Morgan fingerprint density at radius 3 is 2.17 bits per heavy atom. The van der Waals surface area contributed by atoms with Crippen LogP contribution in [0.4, 0.5) is 0 Å². The minimum atomic E-state index is -0.964. The van der Waals surface area contributed by atoms with Gasteiger partial charge in [-0.15, -0.1) is 0 Å². The number of carboxylic acids is 1. The molecule has 5 heteroatoms. The maximum atomic E-state index is 12.1. The number of aromatic carboxylic acids is 1. The monoisotopic (exact) mass is 339 g/mol. The Bertz CT molecular complexity index is 928. The summed E-state index contributed by atoms with van der Waals surface area (Å²) in [5.74, 6) is -0.964. The molecule has 0 aliphatic heterocycles. The van der Waals surface area contributed by atoms with E-state index in [1.807, 2.05) is 12.1 Å². The lowest BCUT2D eigenvalue weighted by molar-refractivity contribution is 0.0697. The SMILES string of the molecule is O=C(O)c1ccc(-c2ccc(=O)n(Cc3ccc(Cl)cc3)c2)cc1. The van der Waals surface area contributed by atoms with E-state index >= 15 is 0 Å². The van der Waals surface area contributed by atoms with E-state index in [1.165, 1.54) is 6.07 Å². The molecule has 0 radical (unpaired) electrons. The Morgan fingerprint density at radius 2 is 1.54 bits per heavy atom. The lowest BCUT2D eigenvalue weighted by Gasteiger charge is -2.09. The number of nitrogens with zero attached hydrogens (tertiary/aromatic N) is 1. The molecular formula is C19H14ClNO3. The first-order valence-corrected chi connectivity index (χ1v) is 7.69. The zero-order valence-corrected chi connectivity index (χ0v) is 13.4. The second kappa shape index (κ2) is 6.72. The van der Waals surface area contributed by atoms with Crippen molar-refractivity contribution >= 4 is 17.6 Å². The predicted molar refractivity (Wildman–Crippen MR) is 93.7 cm³/mol. The smallest absolute Gasteiger partial charge is 0.335 e. The van der Waals surface area contributed by atoms with Gasteiger partial charge in [-0.25, -0.2) is 4.79 Å². The molecule has 4 nitrogen and oxygen atoms in total. The highest BCUT2D eigenvalue weighted by Crippen LogP contribution is 2.19. The van der Waals surface area contributed by atoms with Crippen molar-refractivity contribution in [1.29, 1.82) is 0 Å². The van der Waals surface area contributed by atoms with Crippen molar-refractivity contribution in [3.05, 3.63) is 93.4 Å². The Balaban J connectivity index is 1.92. The number of carbonyl (C=O) groups is 1. The first kappa shape index (κ1) is 16.0. The number of hydrogen-bond acceptors (Lipinski definition) is 2. The lowest BCUT2D eigenvalue weighted by atomic mass is 10.1. The predicted octanol–water partition coefficient (Wildman–Crippen LogP) is 3.92. The van der Waals surface area contributed by atoms with Gasteiger partial charge >= 0.3 is 5.97 Å². The summed E-state index contributed by atoms with van der Waals surface area (Å²) in [6.07, 6.45) is 1.77. The molecule has 1 heterocycles. The molecule has 120 valence electrons. The fraction of sp³-hybridized carbons (Fsp3) is 0.0526. The van der Waals surface area contributed by atoms with Crippen LogP contribution in [0, 0.1) is 0 Å². The van der Waals surface area contributed by atoms with E-state index in [-0.39, 0.29) is 11.1 Å². The maximum Gasteiger partial charge on any atom is 0.335 e. The van der Waals surface area contributed by atoms with Crippen LogP contribution in [-0.2, 0) is 6.54 Å². The minimum absolute atomic E-state index is 0.101. The average Bonchev–Trinajstić information content (AvgIpc) is 2.59. The zero-order chi connectivity index (χ0) is 17.1. The van der Waals surface area contributed by atoms with E-state index in [1.54, 1.807) is 53.2 Å². The summed E-state index contributed by atoms with van der Waals surface area (Å²) in [6, 6.07) is 17.1. The van der Waals surface area contributed by atoms with Crippen LogP contribution in [0.2, 0.25) is 5.02 Å². The molecule has 1 aromatic heterocycles. The van der Waals surface area contributed by atoms with Crippen LogP contribution in [0.1, 0.15) is 15.9 Å². The molecule has 0 saturated heterocycles. The highest BCUT2D eigenvalue weighted by Gasteiger charge is 2.05. The highest BCUT2D eigenvalue weighted by atomic mass is 35.5. The highest BCUT2D eigenvalue weighted by molar-refractivity contribution is 6.30. The van der Waals surface area contributed by atoms with Gasteiger partial charge in [-0.05, 0) is 47.0 Å². The van der Waals surface area contributed by atoms with Crippen LogP contribution < -0.4 is 5.56 Å². The minimum Gasteiger partial charge on any atom is -0.478 e. The van der Waals surface area contributed by atoms with E-state index in [9.17, 15) is 9.59 Å². The molecule has 0 saturated carbocycles. The van der Waals surface area contributed by atoms with Gasteiger partial charge in [0.15, 0.2) is 0 Å². The molecule has 1 N–H and O–H groups in total. The van der Waals surface area contributed by atoms with E-state index in [4.69, 9.17) is 16.7 Å². The topological polar surface area (TPSA) is 59.3 Å². The molecule has 2 aromatic carbocycles. The van der Waals surface area contributed by atoms with Crippen LogP contribution in [0.3, 0.4) is 0 Å². The van der Waals surface area contributed by atoms with Crippen LogP contribution in [0.25, 0.3) is 11.1 Å². The molecule has 0 spiro atoms. The van der Waals surface area contributed by atoms with Crippen LogP contribution >= 0.6 is 11.6 Å². The largest absolute Gasteiger partial charge is 0.478 e. The molecule has 0 aliphatic carbocycles. The van der Waals surface area contributed by atoms with Crippen molar-refractivity contribution in [2.24, 2.45) is 0 Å². The fourth-order valence-electron chi connectivity index (χ4n) is 2.42. The molecule has 0 fully saturated rings. The number of pyridine rings is 1. The second-order valence-electron chi connectivity index (χ2n) is 5.39. The van der Waals surface area contributed by atoms with E-state index in [2.05, 4.69) is 0 Å². The molecule has 0 unspecified atom stereocenters. The fourth-order valence-corrected chi connectivity index (χ4v) is 2.54. The van der Waals surface area contributed by atoms with E-state index in [0.717, 1.165) is 16.7 Å². The van der Waals surface area contributed by atoms with E-state index in [0.29, 0.717) is 11.6 Å².